The first kappa shape index (κ1) is 12.9. The molecule has 0 aliphatic heterocycles. The van der Waals surface area contributed by atoms with Crippen molar-refractivity contribution in [3.63, 3.8) is 0 Å². The molecule has 0 atom stereocenters. The molecule has 0 fully saturated rings. The Hall–Kier alpha value is -2.52. The van der Waals surface area contributed by atoms with Crippen molar-refractivity contribution in [1.82, 2.24) is 25.5 Å². The molecule has 1 aromatic heterocycles. The minimum absolute atomic E-state index is 0.346. The monoisotopic (exact) mass is 266 g/mol. The van der Waals surface area contributed by atoms with Gasteiger partial charge in [0.25, 0.3) is 5.91 Å². The maximum atomic E-state index is 12.8. The summed E-state index contributed by atoms with van der Waals surface area (Å²) in [6.07, 6.45) is 0. The van der Waals surface area contributed by atoms with Crippen LogP contribution in [0.1, 0.15) is 10.5 Å². The number of carbonyl (C=O) groups excluding carboxylic acids is 1. The summed E-state index contributed by atoms with van der Waals surface area (Å²) >= 11 is 0. The van der Waals surface area contributed by atoms with E-state index in [4.69, 9.17) is 5.84 Å². The molecule has 2 aromatic rings. The zero-order valence-corrected chi connectivity index (χ0v) is 9.92. The third kappa shape index (κ3) is 2.67. The summed E-state index contributed by atoms with van der Waals surface area (Å²) in [7, 11) is 1.39. The Kier molecular flexibility index (Phi) is 3.40. The second-order valence-electron chi connectivity index (χ2n) is 3.73. The summed E-state index contributed by atoms with van der Waals surface area (Å²) in [5.41, 5.74) is 1.54. The zero-order valence-electron chi connectivity index (χ0n) is 9.92. The number of carbonyl (C=O) groups is 1. The first-order valence-electron chi connectivity index (χ1n) is 5.22. The van der Waals surface area contributed by atoms with Gasteiger partial charge < -0.3 is 0 Å². The van der Waals surface area contributed by atoms with Crippen molar-refractivity contribution in [2.45, 2.75) is 0 Å². The summed E-state index contributed by atoms with van der Waals surface area (Å²) in [5, 5.41) is 6.88. The molecule has 2 rings (SSSR count). The van der Waals surface area contributed by atoms with Gasteiger partial charge in [-0.1, -0.05) is 0 Å². The van der Waals surface area contributed by atoms with Gasteiger partial charge in [-0.05, 0) is 24.3 Å². The molecule has 19 heavy (non-hydrogen) atoms. The Balaban J connectivity index is 2.36. The fourth-order valence-electron chi connectivity index (χ4n) is 1.43. The van der Waals surface area contributed by atoms with E-state index in [1.165, 1.54) is 31.3 Å². The number of aromatic amines is 1. The summed E-state index contributed by atoms with van der Waals surface area (Å²) in [6.45, 7) is 0. The van der Waals surface area contributed by atoms with E-state index < -0.39 is 17.3 Å². The van der Waals surface area contributed by atoms with Gasteiger partial charge in [-0.3, -0.25) is 20.9 Å². The lowest BCUT2D eigenvalue weighted by atomic mass is 10.3. The van der Waals surface area contributed by atoms with Crippen LogP contribution in [0, 0.1) is 5.82 Å². The summed E-state index contributed by atoms with van der Waals surface area (Å²) in [5.74, 6) is 4.05. The number of nitrogens with one attached hydrogen (secondary N) is 2. The van der Waals surface area contributed by atoms with Gasteiger partial charge in [0.15, 0.2) is 0 Å². The highest BCUT2D eigenvalue weighted by Gasteiger charge is 2.17. The van der Waals surface area contributed by atoms with Crippen molar-refractivity contribution in [1.29, 1.82) is 0 Å². The van der Waals surface area contributed by atoms with E-state index in [0.717, 1.165) is 9.80 Å². The Morgan fingerprint density at radius 1 is 1.47 bits per heavy atom. The second-order valence-corrected chi connectivity index (χ2v) is 3.73. The largest absolute Gasteiger partial charge is 0.304 e. The standard InChI is InChI=1S/C10H11FN6O2/c1-16(12)14-9(18)8-10(19)17(15-13-8)7-4-2-6(11)3-5-7/h2-5,15H,12H2,1H3,(H,14,18). The first-order chi connectivity index (χ1) is 8.99. The average molecular weight is 266 g/mol. The molecule has 8 nitrogen and oxygen atoms in total. The maximum Gasteiger partial charge on any atom is 0.304 e. The lowest BCUT2D eigenvalue weighted by molar-refractivity contribution is 0.0823. The fraction of sp³-hybridized carbons (Fsp3) is 0.100. The highest BCUT2D eigenvalue weighted by atomic mass is 19.1. The number of amides is 1. The normalized spacial score (nSPS) is 10.7. The van der Waals surface area contributed by atoms with Gasteiger partial charge in [-0.15, -0.1) is 5.10 Å². The number of H-pyrrole nitrogens is 1. The summed E-state index contributed by atoms with van der Waals surface area (Å²) in [6, 6.07) is 5.14. The molecule has 0 spiro atoms. The number of hydrogen-bond donors (Lipinski definition) is 3. The maximum absolute atomic E-state index is 12.8. The molecule has 4 N–H and O–H groups in total. The third-order valence-electron chi connectivity index (χ3n) is 2.25. The Labute approximate surface area is 106 Å². The molecule has 1 amide bonds. The molecule has 0 aliphatic carbocycles. The third-order valence-corrected chi connectivity index (χ3v) is 2.25. The van der Waals surface area contributed by atoms with Gasteiger partial charge in [-0.25, -0.2) is 14.3 Å². The lowest BCUT2D eigenvalue weighted by Gasteiger charge is -2.08. The van der Waals surface area contributed by atoms with Crippen molar-refractivity contribution in [3.05, 3.63) is 46.1 Å². The van der Waals surface area contributed by atoms with Crippen LogP contribution in [0.2, 0.25) is 0 Å². The van der Waals surface area contributed by atoms with Crippen molar-refractivity contribution in [2.75, 3.05) is 7.05 Å². The topological polar surface area (TPSA) is 109 Å². The molecule has 100 valence electrons. The van der Waals surface area contributed by atoms with Crippen molar-refractivity contribution in [2.24, 2.45) is 5.84 Å². The number of nitrogens with two attached hydrogens (primary N) is 1. The molecule has 1 heterocycles. The van der Waals surface area contributed by atoms with Crippen LogP contribution in [0.3, 0.4) is 0 Å². The van der Waals surface area contributed by atoms with Gasteiger partial charge in [0.2, 0.25) is 5.69 Å². The zero-order chi connectivity index (χ0) is 14.0. The van der Waals surface area contributed by atoms with E-state index in [2.05, 4.69) is 15.7 Å². The number of hydrazine groups is 2. The molecule has 0 bridgehead atoms. The van der Waals surface area contributed by atoms with Gasteiger partial charge in [0.1, 0.15) is 5.82 Å². The van der Waals surface area contributed by atoms with E-state index >= 15 is 0 Å². The van der Waals surface area contributed by atoms with Crippen LogP contribution in [0.4, 0.5) is 4.39 Å². The van der Waals surface area contributed by atoms with E-state index in [9.17, 15) is 14.0 Å². The van der Waals surface area contributed by atoms with Crippen molar-refractivity contribution in [3.8, 4) is 5.69 Å². The highest BCUT2D eigenvalue weighted by Crippen LogP contribution is 2.05. The average Bonchev–Trinajstić information content (AvgIpc) is 2.71. The predicted octanol–water partition coefficient (Wildman–Crippen LogP) is -0.850. The van der Waals surface area contributed by atoms with Crippen LogP contribution in [0.15, 0.2) is 29.1 Å². The van der Waals surface area contributed by atoms with Crippen LogP contribution in [0.5, 0.6) is 0 Å². The SMILES string of the molecule is CN(N)NC(=O)c1n[nH]n(-c2ccc(F)cc2)c1=O. The predicted molar refractivity (Wildman–Crippen MR) is 63.6 cm³/mol. The van der Waals surface area contributed by atoms with Crippen molar-refractivity contribution >= 4 is 5.91 Å². The van der Waals surface area contributed by atoms with Crippen LogP contribution in [-0.2, 0) is 0 Å². The Bertz CT molecular complexity index is 645. The van der Waals surface area contributed by atoms with Gasteiger partial charge in [0, 0.05) is 7.05 Å². The second kappa shape index (κ2) is 5.00. The van der Waals surface area contributed by atoms with Gasteiger partial charge in [-0.2, -0.15) is 5.12 Å². The van der Waals surface area contributed by atoms with Crippen molar-refractivity contribution < 1.29 is 9.18 Å². The number of aromatic nitrogens is 3. The van der Waals surface area contributed by atoms with Gasteiger partial charge >= 0.3 is 5.56 Å². The lowest BCUT2D eigenvalue weighted by Crippen LogP contribution is -2.45. The molecule has 1 aromatic carbocycles. The molecule has 9 heteroatoms. The first-order valence-corrected chi connectivity index (χ1v) is 5.22. The molecular weight excluding hydrogens is 255 g/mol. The molecule has 0 aliphatic rings. The fourth-order valence-corrected chi connectivity index (χ4v) is 1.43. The van der Waals surface area contributed by atoms with E-state index in [0.29, 0.717) is 5.69 Å². The number of rotatable bonds is 3. The molecule has 0 saturated carbocycles. The van der Waals surface area contributed by atoms with E-state index in [1.807, 2.05) is 0 Å². The number of hydrogen-bond acceptors (Lipinski definition) is 5. The smallest absolute Gasteiger partial charge is 0.270 e. The quantitative estimate of drug-likeness (QED) is 0.495. The van der Waals surface area contributed by atoms with Crippen LogP contribution < -0.4 is 16.8 Å². The minimum Gasteiger partial charge on any atom is -0.270 e. The number of halogens is 1. The van der Waals surface area contributed by atoms with Crippen LogP contribution >= 0.6 is 0 Å². The van der Waals surface area contributed by atoms with Gasteiger partial charge in [0.05, 0.1) is 5.69 Å². The van der Waals surface area contributed by atoms with Crippen LogP contribution in [0.25, 0.3) is 5.69 Å². The van der Waals surface area contributed by atoms with E-state index in [-0.39, 0.29) is 5.69 Å². The molecule has 0 unspecified atom stereocenters. The van der Waals surface area contributed by atoms with E-state index in [1.54, 1.807) is 0 Å². The number of nitrogens with zero attached hydrogens (tertiary/aromatic N) is 3. The summed E-state index contributed by atoms with van der Waals surface area (Å²) < 4.78 is 13.8. The Morgan fingerprint density at radius 2 is 2.11 bits per heavy atom. The minimum atomic E-state index is -0.743. The molecular formula is C10H11FN6O2. The van der Waals surface area contributed by atoms with Crippen LogP contribution in [-0.4, -0.2) is 33.1 Å². The Morgan fingerprint density at radius 3 is 2.68 bits per heavy atom. The molecule has 0 radical (unpaired) electrons. The highest BCUT2D eigenvalue weighted by molar-refractivity contribution is 5.91. The summed E-state index contributed by atoms with van der Waals surface area (Å²) in [4.78, 5) is 23.5. The number of benzene rings is 1. The molecule has 0 saturated heterocycles.